The Labute approximate surface area is 159 Å². The van der Waals surface area contributed by atoms with Gasteiger partial charge in [0, 0.05) is 35.5 Å². The summed E-state index contributed by atoms with van der Waals surface area (Å²) in [4.78, 5) is 29.7. The lowest BCUT2D eigenvalue weighted by Crippen LogP contribution is -2.11. The van der Waals surface area contributed by atoms with Crippen molar-refractivity contribution in [1.82, 2.24) is 4.98 Å². The van der Waals surface area contributed by atoms with Crippen LogP contribution in [0.4, 0.5) is 5.69 Å². The molecular weight excluding hydrogens is 360 g/mol. The number of nitrogens with zero attached hydrogens (tertiary/aromatic N) is 1. The molecule has 142 valence electrons. The zero-order valence-corrected chi connectivity index (χ0v) is 15.1. The summed E-state index contributed by atoms with van der Waals surface area (Å²) in [7, 11) is 0. The van der Waals surface area contributed by atoms with Crippen LogP contribution in [0.5, 0.6) is 5.75 Å². The second kappa shape index (κ2) is 7.07. The first-order valence-electron chi connectivity index (χ1n) is 8.65. The van der Waals surface area contributed by atoms with Gasteiger partial charge in [0.2, 0.25) is 5.91 Å². The molecule has 1 aromatic heterocycles. The van der Waals surface area contributed by atoms with Crippen LogP contribution in [0.3, 0.4) is 0 Å². The van der Waals surface area contributed by atoms with Crippen LogP contribution >= 0.6 is 0 Å². The van der Waals surface area contributed by atoms with Gasteiger partial charge in [-0.05, 0) is 24.3 Å². The third-order valence-corrected chi connectivity index (χ3v) is 4.29. The Balaban J connectivity index is 1.55. The minimum absolute atomic E-state index is 0.142. The second-order valence-corrected chi connectivity index (χ2v) is 6.43. The fraction of sp³-hybridized carbons (Fsp3) is 0.150. The molecule has 3 aromatic rings. The van der Waals surface area contributed by atoms with Crippen LogP contribution in [0.2, 0.25) is 0 Å². The van der Waals surface area contributed by atoms with Crippen molar-refractivity contribution in [3.05, 3.63) is 64.2 Å². The summed E-state index contributed by atoms with van der Waals surface area (Å²) in [5.41, 5.74) is 10.7. The standard InChI is InChI=1S/C20H18N4O4/c1-11(25)23-14-4-2-13-9-22-15(10-27-18(13)8-14)7-16(21)12-3-5-17-19(6-12)28-20(26)24-17/h2-8H,9-10,21H2,1H3,(H,23,25)(H,24,26)/b16-7-. The lowest BCUT2D eigenvalue weighted by atomic mass is 10.1. The topological polar surface area (TPSA) is 123 Å². The normalized spacial score (nSPS) is 14.0. The SMILES string of the molecule is CC(=O)Nc1ccc2c(c1)OCC(/C=C(\N)c1ccc3[nH]c(=O)oc3c1)=NC2. The molecule has 2 aromatic carbocycles. The number of amides is 1. The molecule has 8 nitrogen and oxygen atoms in total. The molecule has 0 saturated heterocycles. The summed E-state index contributed by atoms with van der Waals surface area (Å²) < 4.78 is 10.9. The average Bonchev–Trinajstić information content (AvgIpc) is 2.91. The van der Waals surface area contributed by atoms with Crippen molar-refractivity contribution in [3.8, 4) is 5.75 Å². The molecule has 1 amide bonds. The van der Waals surface area contributed by atoms with E-state index in [0.29, 0.717) is 46.1 Å². The molecular formula is C20H18N4O4. The maximum absolute atomic E-state index is 11.3. The first-order valence-corrected chi connectivity index (χ1v) is 8.65. The maximum atomic E-state index is 11.3. The van der Waals surface area contributed by atoms with E-state index in [0.717, 1.165) is 5.56 Å². The molecule has 4 N–H and O–H groups in total. The minimum Gasteiger partial charge on any atom is -0.487 e. The van der Waals surface area contributed by atoms with Crippen molar-refractivity contribution in [1.29, 1.82) is 0 Å². The number of oxazole rings is 1. The van der Waals surface area contributed by atoms with Gasteiger partial charge in [-0.2, -0.15) is 0 Å². The predicted octanol–water partition coefficient (Wildman–Crippen LogP) is 2.41. The molecule has 2 heterocycles. The van der Waals surface area contributed by atoms with E-state index < -0.39 is 5.76 Å². The van der Waals surface area contributed by atoms with Crippen LogP contribution in [-0.2, 0) is 11.3 Å². The van der Waals surface area contributed by atoms with Crippen LogP contribution in [-0.4, -0.2) is 23.2 Å². The van der Waals surface area contributed by atoms with Gasteiger partial charge in [0.05, 0.1) is 17.8 Å². The van der Waals surface area contributed by atoms with Gasteiger partial charge in [-0.15, -0.1) is 0 Å². The number of rotatable bonds is 3. The highest BCUT2D eigenvalue weighted by Gasteiger charge is 2.12. The molecule has 1 aliphatic heterocycles. The number of fused-ring (bicyclic) bond motifs is 2. The molecule has 8 heteroatoms. The monoisotopic (exact) mass is 378 g/mol. The van der Waals surface area contributed by atoms with Gasteiger partial charge in [0.15, 0.2) is 5.58 Å². The fourth-order valence-electron chi connectivity index (χ4n) is 2.96. The summed E-state index contributed by atoms with van der Waals surface area (Å²) >= 11 is 0. The molecule has 0 saturated carbocycles. The first-order chi connectivity index (χ1) is 13.5. The Hall–Kier alpha value is -3.81. The largest absolute Gasteiger partial charge is 0.487 e. The van der Waals surface area contributed by atoms with Crippen LogP contribution in [0, 0.1) is 0 Å². The van der Waals surface area contributed by atoms with Crippen molar-refractivity contribution >= 4 is 34.1 Å². The van der Waals surface area contributed by atoms with E-state index in [2.05, 4.69) is 15.3 Å². The van der Waals surface area contributed by atoms with Gasteiger partial charge in [-0.25, -0.2) is 4.79 Å². The summed E-state index contributed by atoms with van der Waals surface area (Å²) in [6.07, 6.45) is 1.74. The van der Waals surface area contributed by atoms with Crippen LogP contribution in [0.1, 0.15) is 18.1 Å². The smallest absolute Gasteiger partial charge is 0.417 e. The number of aliphatic imine (C=N–C) groups is 1. The highest BCUT2D eigenvalue weighted by Crippen LogP contribution is 2.26. The Morgan fingerprint density at radius 1 is 1.29 bits per heavy atom. The van der Waals surface area contributed by atoms with Gasteiger partial charge in [-0.3, -0.25) is 14.8 Å². The molecule has 1 aliphatic rings. The lowest BCUT2D eigenvalue weighted by Gasteiger charge is -2.09. The molecule has 0 unspecified atom stereocenters. The Bertz CT molecular complexity index is 1190. The number of aromatic amines is 1. The molecule has 0 radical (unpaired) electrons. The number of benzene rings is 2. The predicted molar refractivity (Wildman–Crippen MR) is 106 cm³/mol. The Kier molecular flexibility index (Phi) is 4.44. The summed E-state index contributed by atoms with van der Waals surface area (Å²) in [6.45, 7) is 2.15. The molecule has 0 spiro atoms. The van der Waals surface area contributed by atoms with Crippen LogP contribution < -0.4 is 21.5 Å². The number of carbonyl (C=O) groups is 1. The zero-order chi connectivity index (χ0) is 19.7. The van der Waals surface area contributed by atoms with Crippen molar-refractivity contribution in [2.75, 3.05) is 11.9 Å². The van der Waals surface area contributed by atoms with E-state index in [1.54, 1.807) is 30.3 Å². The molecule has 0 atom stereocenters. The molecule has 0 bridgehead atoms. The first kappa shape index (κ1) is 17.6. The van der Waals surface area contributed by atoms with Gasteiger partial charge in [-0.1, -0.05) is 12.1 Å². The van der Waals surface area contributed by atoms with Crippen molar-refractivity contribution < 1.29 is 13.9 Å². The van der Waals surface area contributed by atoms with E-state index in [4.69, 9.17) is 14.9 Å². The number of aromatic nitrogens is 1. The number of anilines is 1. The Morgan fingerprint density at radius 3 is 2.96 bits per heavy atom. The number of nitrogens with two attached hydrogens (primary N) is 1. The van der Waals surface area contributed by atoms with E-state index in [-0.39, 0.29) is 12.5 Å². The summed E-state index contributed by atoms with van der Waals surface area (Å²) in [5, 5.41) is 2.73. The number of H-pyrrole nitrogens is 1. The van der Waals surface area contributed by atoms with Crippen LogP contribution in [0.25, 0.3) is 16.8 Å². The van der Waals surface area contributed by atoms with Gasteiger partial charge in [0.1, 0.15) is 12.4 Å². The zero-order valence-electron chi connectivity index (χ0n) is 15.1. The molecule has 4 rings (SSSR count). The Morgan fingerprint density at radius 2 is 2.14 bits per heavy atom. The van der Waals surface area contributed by atoms with E-state index >= 15 is 0 Å². The quantitative estimate of drug-likeness (QED) is 0.646. The van der Waals surface area contributed by atoms with E-state index in [1.165, 1.54) is 6.92 Å². The van der Waals surface area contributed by atoms with E-state index in [1.807, 2.05) is 12.1 Å². The van der Waals surface area contributed by atoms with Gasteiger partial charge >= 0.3 is 5.76 Å². The maximum Gasteiger partial charge on any atom is 0.417 e. The van der Waals surface area contributed by atoms with E-state index in [9.17, 15) is 9.59 Å². The van der Waals surface area contributed by atoms with Crippen molar-refractivity contribution in [2.45, 2.75) is 13.5 Å². The highest BCUT2D eigenvalue weighted by molar-refractivity contribution is 6.02. The number of hydrogen-bond donors (Lipinski definition) is 3. The third kappa shape index (κ3) is 3.66. The summed E-state index contributed by atoms with van der Waals surface area (Å²) in [6, 6.07) is 10.7. The molecule has 0 fully saturated rings. The minimum atomic E-state index is -0.507. The molecule has 28 heavy (non-hydrogen) atoms. The third-order valence-electron chi connectivity index (χ3n) is 4.29. The van der Waals surface area contributed by atoms with Gasteiger partial charge in [0.25, 0.3) is 0 Å². The van der Waals surface area contributed by atoms with Crippen LogP contribution in [0.15, 0.2) is 56.7 Å². The van der Waals surface area contributed by atoms with Gasteiger partial charge < -0.3 is 20.2 Å². The average molecular weight is 378 g/mol. The number of carbonyl (C=O) groups excluding carboxylic acids is 1. The van der Waals surface area contributed by atoms with Crippen molar-refractivity contribution in [3.63, 3.8) is 0 Å². The lowest BCUT2D eigenvalue weighted by molar-refractivity contribution is -0.114. The molecule has 0 aliphatic carbocycles. The summed E-state index contributed by atoms with van der Waals surface area (Å²) in [5.74, 6) is 0.0246. The number of hydrogen-bond acceptors (Lipinski definition) is 6. The number of nitrogens with one attached hydrogen (secondary N) is 2. The highest BCUT2D eigenvalue weighted by atomic mass is 16.5. The van der Waals surface area contributed by atoms with Crippen molar-refractivity contribution in [2.24, 2.45) is 10.7 Å². The number of ether oxygens (including phenoxy) is 1. The fourth-order valence-corrected chi connectivity index (χ4v) is 2.96. The second-order valence-electron chi connectivity index (χ2n) is 6.43.